The van der Waals surface area contributed by atoms with Gasteiger partial charge in [-0.15, -0.1) is 0 Å². The minimum absolute atomic E-state index is 0.132. The van der Waals surface area contributed by atoms with Crippen LogP contribution in [0.2, 0.25) is 0 Å². The molecule has 0 unspecified atom stereocenters. The first-order valence-corrected chi connectivity index (χ1v) is 10.8. The second kappa shape index (κ2) is 7.48. The van der Waals surface area contributed by atoms with Crippen LogP contribution >= 0.6 is 0 Å². The van der Waals surface area contributed by atoms with E-state index in [4.69, 9.17) is 0 Å². The zero-order valence-electron chi connectivity index (χ0n) is 15.7. The van der Waals surface area contributed by atoms with E-state index in [1.54, 1.807) is 6.20 Å². The molecule has 146 valence electrons. The molecule has 0 bridgehead atoms. The summed E-state index contributed by atoms with van der Waals surface area (Å²) in [6.07, 6.45) is 2.51. The minimum Gasteiger partial charge on any atom is -0.370 e. The molecule has 28 heavy (non-hydrogen) atoms. The van der Waals surface area contributed by atoms with Gasteiger partial charge in [0.25, 0.3) is 0 Å². The normalized spacial score (nSPS) is 16.3. The number of anilines is 1. The first-order valence-electron chi connectivity index (χ1n) is 9.31. The molecule has 0 saturated carbocycles. The first kappa shape index (κ1) is 18.8. The zero-order valence-corrected chi connectivity index (χ0v) is 16.5. The van der Waals surface area contributed by atoms with Crippen molar-refractivity contribution in [2.75, 3.05) is 31.1 Å². The zero-order chi connectivity index (χ0) is 19.7. The molecule has 7 heteroatoms. The Hall–Kier alpha value is -2.51. The third-order valence-corrected chi connectivity index (χ3v) is 7.03. The summed E-state index contributed by atoms with van der Waals surface area (Å²) in [5.41, 5.74) is 3.18. The maximum Gasteiger partial charge on any atom is 0.243 e. The van der Waals surface area contributed by atoms with E-state index in [0.29, 0.717) is 19.6 Å². The van der Waals surface area contributed by atoms with E-state index in [0.717, 1.165) is 35.1 Å². The monoisotopic (exact) mass is 399 g/mol. The lowest BCUT2D eigenvalue weighted by molar-refractivity contribution is 0.433. The largest absolute Gasteiger partial charge is 0.370 e. The number of hydrogen-bond acceptors (Lipinski definition) is 4. The molecule has 0 radical (unpaired) electrons. The van der Waals surface area contributed by atoms with Gasteiger partial charge in [0.2, 0.25) is 10.0 Å². The van der Waals surface area contributed by atoms with Gasteiger partial charge in [0.1, 0.15) is 5.82 Å². The van der Waals surface area contributed by atoms with Crippen molar-refractivity contribution in [1.29, 1.82) is 0 Å². The third kappa shape index (κ3) is 3.59. The molecule has 4 rings (SSSR count). The Bertz CT molecular complexity index is 1100. The van der Waals surface area contributed by atoms with Gasteiger partial charge in [-0.2, -0.15) is 4.31 Å². The standard InChI is InChI=1S/C21H22FN3O2S/c1-16-3-8-20-19(15-16)21(9-10-23-20)24-11-2-12-25(14-13-24)28(26,27)18-6-4-17(22)5-7-18/h3-10,15H,2,11-14H2,1H3. The topological polar surface area (TPSA) is 53.5 Å². The molecule has 1 fully saturated rings. The van der Waals surface area contributed by atoms with E-state index in [2.05, 4.69) is 22.9 Å². The molecule has 0 amide bonds. The molecule has 2 aromatic carbocycles. The lowest BCUT2D eigenvalue weighted by atomic mass is 10.1. The Morgan fingerprint density at radius 3 is 2.54 bits per heavy atom. The number of aryl methyl sites for hydroxylation is 1. The fraction of sp³-hybridized carbons (Fsp3) is 0.286. The van der Waals surface area contributed by atoms with Crippen molar-refractivity contribution in [3.8, 4) is 0 Å². The van der Waals surface area contributed by atoms with Crippen molar-refractivity contribution in [1.82, 2.24) is 9.29 Å². The summed E-state index contributed by atoms with van der Waals surface area (Å²) in [5.74, 6) is -0.444. The van der Waals surface area contributed by atoms with Crippen LogP contribution in [0.1, 0.15) is 12.0 Å². The number of pyridine rings is 1. The van der Waals surface area contributed by atoms with Crippen LogP contribution in [0.5, 0.6) is 0 Å². The summed E-state index contributed by atoms with van der Waals surface area (Å²) >= 11 is 0. The van der Waals surface area contributed by atoms with E-state index in [1.807, 2.05) is 18.2 Å². The molecule has 2 heterocycles. The molecule has 0 spiro atoms. The second-order valence-electron chi connectivity index (χ2n) is 7.05. The molecule has 0 N–H and O–H groups in total. The van der Waals surface area contributed by atoms with E-state index >= 15 is 0 Å². The number of nitrogens with zero attached hydrogens (tertiary/aromatic N) is 3. The van der Waals surface area contributed by atoms with Gasteiger partial charge in [0.15, 0.2) is 0 Å². The number of halogens is 1. The predicted molar refractivity (Wildman–Crippen MR) is 108 cm³/mol. The molecule has 0 aliphatic carbocycles. The molecular formula is C21H22FN3O2S. The number of fused-ring (bicyclic) bond motifs is 1. The smallest absolute Gasteiger partial charge is 0.243 e. The van der Waals surface area contributed by atoms with E-state index in [1.165, 1.54) is 28.6 Å². The number of sulfonamides is 1. The molecule has 1 aliphatic rings. The van der Waals surface area contributed by atoms with Gasteiger partial charge >= 0.3 is 0 Å². The predicted octanol–water partition coefficient (Wildman–Crippen LogP) is 3.58. The number of benzene rings is 2. The third-order valence-electron chi connectivity index (χ3n) is 5.12. The Morgan fingerprint density at radius 1 is 0.964 bits per heavy atom. The number of aromatic nitrogens is 1. The summed E-state index contributed by atoms with van der Waals surface area (Å²) < 4.78 is 40.5. The molecule has 1 aliphatic heterocycles. The van der Waals surface area contributed by atoms with Gasteiger partial charge < -0.3 is 4.90 Å². The fourth-order valence-corrected chi connectivity index (χ4v) is 5.12. The van der Waals surface area contributed by atoms with Gasteiger partial charge in [0.05, 0.1) is 10.4 Å². The van der Waals surface area contributed by atoms with E-state index < -0.39 is 15.8 Å². The van der Waals surface area contributed by atoms with E-state index in [9.17, 15) is 12.8 Å². The van der Waals surface area contributed by atoms with Gasteiger partial charge in [-0.1, -0.05) is 11.6 Å². The van der Waals surface area contributed by atoms with Crippen LogP contribution in [0.15, 0.2) is 59.6 Å². The van der Waals surface area contributed by atoms with Crippen molar-refractivity contribution in [2.24, 2.45) is 0 Å². The van der Waals surface area contributed by atoms with Gasteiger partial charge in [-0.05, 0) is 55.8 Å². The van der Waals surface area contributed by atoms with E-state index in [-0.39, 0.29) is 4.90 Å². The Balaban J connectivity index is 1.59. The Kier molecular flexibility index (Phi) is 5.03. The molecule has 0 atom stereocenters. The average molecular weight is 399 g/mol. The summed E-state index contributed by atoms with van der Waals surface area (Å²) in [4.78, 5) is 6.80. The lowest BCUT2D eigenvalue weighted by Crippen LogP contribution is -2.35. The molecule has 5 nitrogen and oxygen atoms in total. The first-order chi connectivity index (χ1) is 13.4. The van der Waals surface area contributed by atoms with Crippen molar-refractivity contribution in [3.63, 3.8) is 0 Å². The maximum absolute atomic E-state index is 13.2. The highest BCUT2D eigenvalue weighted by molar-refractivity contribution is 7.89. The molecule has 1 saturated heterocycles. The van der Waals surface area contributed by atoms with Gasteiger partial charge in [-0.3, -0.25) is 4.98 Å². The highest BCUT2D eigenvalue weighted by Gasteiger charge is 2.27. The van der Waals surface area contributed by atoms with Crippen LogP contribution in [0.4, 0.5) is 10.1 Å². The highest BCUT2D eigenvalue weighted by Crippen LogP contribution is 2.28. The van der Waals surface area contributed by atoms with Gasteiger partial charge in [-0.25, -0.2) is 12.8 Å². The molecule has 1 aromatic heterocycles. The summed E-state index contributed by atoms with van der Waals surface area (Å²) in [7, 11) is -3.63. The fourth-order valence-electron chi connectivity index (χ4n) is 3.65. The van der Waals surface area contributed by atoms with Crippen LogP contribution in [0.25, 0.3) is 10.9 Å². The van der Waals surface area contributed by atoms with Crippen molar-refractivity contribution >= 4 is 26.6 Å². The van der Waals surface area contributed by atoms with Gasteiger partial charge in [0, 0.05) is 43.4 Å². The van der Waals surface area contributed by atoms with Crippen molar-refractivity contribution in [3.05, 3.63) is 66.1 Å². The van der Waals surface area contributed by atoms with Crippen LogP contribution in [-0.4, -0.2) is 43.9 Å². The second-order valence-corrected chi connectivity index (χ2v) is 8.99. The van der Waals surface area contributed by atoms with Crippen LogP contribution in [-0.2, 0) is 10.0 Å². The quantitative estimate of drug-likeness (QED) is 0.676. The summed E-state index contributed by atoms with van der Waals surface area (Å²) in [6, 6.07) is 13.2. The molecule has 3 aromatic rings. The van der Waals surface area contributed by atoms with Crippen molar-refractivity contribution < 1.29 is 12.8 Å². The lowest BCUT2D eigenvalue weighted by Gasteiger charge is -2.25. The van der Waals surface area contributed by atoms with Crippen LogP contribution in [0.3, 0.4) is 0 Å². The summed E-state index contributed by atoms with van der Waals surface area (Å²) in [5, 5.41) is 1.08. The van der Waals surface area contributed by atoms with Crippen molar-refractivity contribution in [2.45, 2.75) is 18.2 Å². The Labute approximate surface area is 164 Å². The minimum atomic E-state index is -3.63. The molecular weight excluding hydrogens is 377 g/mol. The summed E-state index contributed by atoms with van der Waals surface area (Å²) in [6.45, 7) is 4.24. The van der Waals surface area contributed by atoms with Crippen LogP contribution in [0, 0.1) is 12.7 Å². The van der Waals surface area contributed by atoms with Crippen LogP contribution < -0.4 is 4.90 Å². The SMILES string of the molecule is Cc1ccc2nccc(N3CCCN(S(=O)(=O)c4ccc(F)cc4)CC3)c2c1. The maximum atomic E-state index is 13.2. The number of hydrogen-bond donors (Lipinski definition) is 0. The Morgan fingerprint density at radius 2 is 1.75 bits per heavy atom. The number of rotatable bonds is 3. The highest BCUT2D eigenvalue weighted by atomic mass is 32.2. The average Bonchev–Trinajstić information content (AvgIpc) is 2.94.